The Morgan fingerprint density at radius 3 is 2.60 bits per heavy atom. The standard InChI is InChI=1S/C27H21N3O4S/c1-17-4-2-5-18(14-17)16-34-21-9-7-19(8-10-21)24(31)22-23(20-6-3-11-28-15-20)30(26(33)25(22)32)27-29-12-13-35-27/h2-15,23,31H,16H2,1H3/t23-/m1/s1. The van der Waals surface area contributed by atoms with Crippen LogP contribution in [0.5, 0.6) is 5.75 Å². The van der Waals surface area contributed by atoms with E-state index in [9.17, 15) is 14.7 Å². The number of benzene rings is 2. The molecule has 3 heterocycles. The van der Waals surface area contributed by atoms with Gasteiger partial charge in [0.05, 0.1) is 11.6 Å². The van der Waals surface area contributed by atoms with Crippen molar-refractivity contribution in [3.05, 3.63) is 112 Å². The maximum atomic E-state index is 13.1. The lowest BCUT2D eigenvalue weighted by molar-refractivity contribution is -0.132. The third-order valence-corrected chi connectivity index (χ3v) is 6.46. The number of Topliss-reactive ketones (excluding diaryl/α,β-unsaturated/α-hetero) is 1. The third-order valence-electron chi connectivity index (χ3n) is 5.69. The highest BCUT2D eigenvalue weighted by atomic mass is 32.1. The van der Waals surface area contributed by atoms with Gasteiger partial charge in [-0.15, -0.1) is 11.3 Å². The van der Waals surface area contributed by atoms with Gasteiger partial charge in [-0.1, -0.05) is 35.9 Å². The van der Waals surface area contributed by atoms with Gasteiger partial charge in [-0.25, -0.2) is 4.98 Å². The molecule has 1 atom stereocenters. The summed E-state index contributed by atoms with van der Waals surface area (Å²) in [4.78, 5) is 35.7. The molecule has 174 valence electrons. The van der Waals surface area contributed by atoms with Crippen LogP contribution in [0.4, 0.5) is 5.13 Å². The number of ketones is 1. The second-order valence-electron chi connectivity index (χ2n) is 8.07. The number of hydrogen-bond donors (Lipinski definition) is 1. The summed E-state index contributed by atoms with van der Waals surface area (Å²) in [7, 11) is 0. The zero-order valence-corrected chi connectivity index (χ0v) is 19.6. The monoisotopic (exact) mass is 483 g/mol. The van der Waals surface area contributed by atoms with Crippen LogP contribution in [0.15, 0.2) is 90.2 Å². The molecule has 1 N–H and O–H groups in total. The second kappa shape index (κ2) is 9.52. The first kappa shape index (κ1) is 22.5. The zero-order chi connectivity index (χ0) is 24.4. The van der Waals surface area contributed by atoms with E-state index in [0.29, 0.717) is 28.6 Å². The van der Waals surface area contributed by atoms with Crippen molar-refractivity contribution in [2.45, 2.75) is 19.6 Å². The molecule has 1 fully saturated rings. The van der Waals surface area contributed by atoms with E-state index in [4.69, 9.17) is 4.74 Å². The van der Waals surface area contributed by atoms with Crippen LogP contribution in [0.1, 0.15) is 28.3 Å². The van der Waals surface area contributed by atoms with Gasteiger partial charge in [0.15, 0.2) is 5.13 Å². The van der Waals surface area contributed by atoms with Crippen LogP contribution in [0.25, 0.3) is 5.76 Å². The van der Waals surface area contributed by atoms with E-state index in [-0.39, 0.29) is 11.3 Å². The summed E-state index contributed by atoms with van der Waals surface area (Å²) >= 11 is 1.24. The number of ether oxygens (including phenoxy) is 1. The van der Waals surface area contributed by atoms with Gasteiger partial charge >= 0.3 is 5.91 Å². The van der Waals surface area contributed by atoms with Gasteiger partial charge in [-0.3, -0.25) is 19.5 Å². The Hall–Kier alpha value is -4.30. The molecule has 5 rings (SSSR count). The molecule has 2 aromatic carbocycles. The van der Waals surface area contributed by atoms with Crippen LogP contribution in [0, 0.1) is 6.92 Å². The fraction of sp³-hybridized carbons (Fsp3) is 0.111. The Morgan fingerprint density at radius 1 is 1.09 bits per heavy atom. The van der Waals surface area contributed by atoms with E-state index in [0.717, 1.165) is 11.1 Å². The van der Waals surface area contributed by atoms with Crippen molar-refractivity contribution in [3.63, 3.8) is 0 Å². The van der Waals surface area contributed by atoms with E-state index in [1.54, 1.807) is 60.4 Å². The number of carbonyl (C=O) groups is 2. The second-order valence-corrected chi connectivity index (χ2v) is 8.95. The summed E-state index contributed by atoms with van der Waals surface area (Å²) in [5.41, 5.74) is 3.20. The summed E-state index contributed by atoms with van der Waals surface area (Å²) in [5, 5.41) is 13.3. The first-order valence-electron chi connectivity index (χ1n) is 10.9. The molecule has 35 heavy (non-hydrogen) atoms. The van der Waals surface area contributed by atoms with Gasteiger partial charge in [0.1, 0.15) is 18.1 Å². The molecule has 0 radical (unpaired) electrons. The Kier molecular flexibility index (Phi) is 6.12. The van der Waals surface area contributed by atoms with Crippen LogP contribution < -0.4 is 9.64 Å². The highest BCUT2D eigenvalue weighted by Gasteiger charge is 2.48. The third kappa shape index (κ3) is 4.43. The predicted octanol–water partition coefficient (Wildman–Crippen LogP) is 5.05. The Labute approximate surface area is 206 Å². The molecule has 1 saturated heterocycles. The Bertz CT molecular complexity index is 1400. The molecule has 1 amide bonds. The van der Waals surface area contributed by atoms with Crippen molar-refractivity contribution in [2.75, 3.05) is 4.90 Å². The molecule has 0 aliphatic carbocycles. The molecule has 0 unspecified atom stereocenters. The van der Waals surface area contributed by atoms with Gasteiger partial charge in [0.25, 0.3) is 5.78 Å². The lowest BCUT2D eigenvalue weighted by Crippen LogP contribution is -2.29. The number of aliphatic hydroxyl groups excluding tert-OH is 1. The lowest BCUT2D eigenvalue weighted by Gasteiger charge is -2.22. The minimum Gasteiger partial charge on any atom is -0.507 e. The quantitative estimate of drug-likeness (QED) is 0.234. The highest BCUT2D eigenvalue weighted by molar-refractivity contribution is 7.14. The van der Waals surface area contributed by atoms with Gasteiger partial charge in [-0.2, -0.15) is 0 Å². The van der Waals surface area contributed by atoms with Crippen LogP contribution in [-0.4, -0.2) is 26.8 Å². The first-order chi connectivity index (χ1) is 17.0. The maximum absolute atomic E-state index is 13.1. The summed E-state index contributed by atoms with van der Waals surface area (Å²) in [5.74, 6) is -1.16. The highest BCUT2D eigenvalue weighted by Crippen LogP contribution is 2.42. The van der Waals surface area contributed by atoms with Crippen molar-refractivity contribution in [1.29, 1.82) is 0 Å². The molecule has 1 aliphatic heterocycles. The van der Waals surface area contributed by atoms with Crippen molar-refractivity contribution in [3.8, 4) is 5.75 Å². The fourth-order valence-corrected chi connectivity index (χ4v) is 4.72. The van der Waals surface area contributed by atoms with Crippen molar-refractivity contribution < 1.29 is 19.4 Å². The summed E-state index contributed by atoms with van der Waals surface area (Å²) in [6, 6.07) is 17.5. The van der Waals surface area contributed by atoms with Crippen LogP contribution in [0.2, 0.25) is 0 Å². The molecule has 0 spiro atoms. The number of aryl methyl sites for hydroxylation is 1. The van der Waals surface area contributed by atoms with Crippen LogP contribution >= 0.6 is 11.3 Å². The minimum absolute atomic E-state index is 0.00775. The number of nitrogens with zero attached hydrogens (tertiary/aromatic N) is 3. The van der Waals surface area contributed by atoms with E-state index < -0.39 is 17.7 Å². The molecule has 7 nitrogen and oxygen atoms in total. The number of carbonyl (C=O) groups excluding carboxylic acids is 2. The molecule has 1 aliphatic rings. The number of amides is 1. The number of pyridine rings is 1. The van der Waals surface area contributed by atoms with E-state index in [2.05, 4.69) is 16.0 Å². The molecule has 2 aromatic heterocycles. The van der Waals surface area contributed by atoms with E-state index >= 15 is 0 Å². The molecule has 0 bridgehead atoms. The summed E-state index contributed by atoms with van der Waals surface area (Å²) in [6.07, 6.45) is 4.75. The maximum Gasteiger partial charge on any atom is 0.301 e. The summed E-state index contributed by atoms with van der Waals surface area (Å²) in [6.45, 7) is 2.44. The normalized spacial score (nSPS) is 17.1. The Morgan fingerprint density at radius 2 is 1.91 bits per heavy atom. The van der Waals surface area contributed by atoms with Crippen LogP contribution in [-0.2, 0) is 16.2 Å². The van der Waals surface area contributed by atoms with E-state index in [1.807, 2.05) is 25.1 Å². The molecule has 4 aromatic rings. The smallest absolute Gasteiger partial charge is 0.301 e. The van der Waals surface area contributed by atoms with Gasteiger partial charge in [0.2, 0.25) is 0 Å². The van der Waals surface area contributed by atoms with Crippen molar-refractivity contribution >= 4 is 33.9 Å². The molecular formula is C27H21N3O4S. The van der Waals surface area contributed by atoms with E-state index in [1.165, 1.54) is 16.2 Å². The topological polar surface area (TPSA) is 92.6 Å². The minimum atomic E-state index is -0.841. The number of hydrogen-bond acceptors (Lipinski definition) is 7. The SMILES string of the molecule is Cc1cccc(COc2ccc(C(O)=C3C(=O)C(=O)N(c4nccs4)[C@@H]3c3cccnc3)cc2)c1. The zero-order valence-electron chi connectivity index (χ0n) is 18.8. The number of aromatic nitrogens is 2. The van der Waals surface area contributed by atoms with Gasteiger partial charge < -0.3 is 9.84 Å². The van der Waals surface area contributed by atoms with Gasteiger partial charge in [-0.05, 0) is 48.4 Å². The molecule has 0 saturated carbocycles. The van der Waals surface area contributed by atoms with Crippen LogP contribution in [0.3, 0.4) is 0 Å². The first-order valence-corrected chi connectivity index (χ1v) is 11.8. The fourth-order valence-electron chi connectivity index (χ4n) is 4.05. The number of anilines is 1. The average Bonchev–Trinajstić information content (AvgIpc) is 3.50. The lowest BCUT2D eigenvalue weighted by atomic mass is 9.96. The van der Waals surface area contributed by atoms with Gasteiger partial charge in [0, 0.05) is 29.5 Å². The molecular weight excluding hydrogens is 462 g/mol. The number of aliphatic hydroxyl groups is 1. The summed E-state index contributed by atoms with van der Waals surface area (Å²) < 4.78 is 5.86. The van der Waals surface area contributed by atoms with Crippen molar-refractivity contribution in [1.82, 2.24) is 9.97 Å². The Balaban J connectivity index is 1.47. The molecule has 8 heteroatoms. The van der Waals surface area contributed by atoms with Crippen molar-refractivity contribution in [2.24, 2.45) is 0 Å². The number of rotatable bonds is 6. The predicted molar refractivity (Wildman–Crippen MR) is 133 cm³/mol. The largest absolute Gasteiger partial charge is 0.507 e. The average molecular weight is 484 g/mol. The number of thiazole rings is 1.